The molecule has 0 unspecified atom stereocenters. The number of Topliss-reactive ketones (excluding diaryl/α,β-unsaturated/α-hetero) is 1. The number of methoxy groups -OCH3 is 2. The number of hydrogen-bond acceptors (Lipinski definition) is 3. The fraction of sp³-hybridized carbons (Fsp3) is 0.500. The van der Waals surface area contributed by atoms with Gasteiger partial charge >= 0.3 is 0 Å². The van der Waals surface area contributed by atoms with Crippen molar-refractivity contribution in [3.8, 4) is 11.5 Å². The second kappa shape index (κ2) is 3.49. The Morgan fingerprint density at radius 3 is 2.29 bits per heavy atom. The molecule has 0 aromatic heterocycles. The number of rotatable bonds is 2. The topological polar surface area (TPSA) is 35.5 Å². The van der Waals surface area contributed by atoms with Crippen LogP contribution < -0.4 is 9.47 Å². The van der Waals surface area contributed by atoms with E-state index in [1.165, 1.54) is 0 Å². The summed E-state index contributed by atoms with van der Waals surface area (Å²) in [5.41, 5.74) is 1.92. The largest absolute Gasteiger partial charge is 0.493 e. The van der Waals surface area contributed by atoms with E-state index in [0.717, 1.165) is 36.8 Å². The first-order valence-electron chi connectivity index (χ1n) is 6.00. The zero-order chi connectivity index (χ0) is 12.0. The quantitative estimate of drug-likeness (QED) is 0.786. The molecule has 0 atom stereocenters. The number of carbonyl (C=O) groups excluding carboxylic acids is 1. The SMILES string of the molecule is COc1cc2c(cc1OC)C(=O)C1(CC2)CC1. The molecule has 0 bridgehead atoms. The summed E-state index contributed by atoms with van der Waals surface area (Å²) in [6.07, 6.45) is 4.08. The van der Waals surface area contributed by atoms with Crippen LogP contribution in [0.15, 0.2) is 12.1 Å². The highest BCUT2D eigenvalue weighted by Gasteiger charge is 2.51. The van der Waals surface area contributed by atoms with Gasteiger partial charge in [-0.05, 0) is 43.4 Å². The van der Waals surface area contributed by atoms with Crippen LogP contribution in [0.1, 0.15) is 35.2 Å². The number of hydrogen-bond donors (Lipinski definition) is 0. The smallest absolute Gasteiger partial charge is 0.169 e. The molecule has 1 aromatic carbocycles. The maximum atomic E-state index is 12.4. The Morgan fingerprint density at radius 1 is 1.06 bits per heavy atom. The summed E-state index contributed by atoms with van der Waals surface area (Å²) in [6, 6.07) is 3.79. The summed E-state index contributed by atoms with van der Waals surface area (Å²) in [5, 5.41) is 0. The lowest BCUT2D eigenvalue weighted by molar-refractivity contribution is 0.0879. The molecule has 1 aromatic rings. The molecule has 0 amide bonds. The minimum absolute atomic E-state index is 0.0212. The van der Waals surface area contributed by atoms with Crippen molar-refractivity contribution >= 4 is 5.78 Å². The summed E-state index contributed by atoms with van der Waals surface area (Å²) in [5.74, 6) is 1.67. The predicted octanol–water partition coefficient (Wildman–Crippen LogP) is 2.61. The van der Waals surface area contributed by atoms with E-state index in [1.54, 1.807) is 14.2 Å². The van der Waals surface area contributed by atoms with Crippen LogP contribution in [-0.2, 0) is 6.42 Å². The van der Waals surface area contributed by atoms with Crippen molar-refractivity contribution in [3.05, 3.63) is 23.3 Å². The first kappa shape index (κ1) is 10.6. The molecular formula is C14H16O3. The zero-order valence-corrected chi connectivity index (χ0v) is 10.2. The molecule has 2 aliphatic carbocycles. The van der Waals surface area contributed by atoms with Crippen LogP contribution in [-0.4, -0.2) is 20.0 Å². The van der Waals surface area contributed by atoms with Crippen molar-refractivity contribution in [2.75, 3.05) is 14.2 Å². The molecule has 0 radical (unpaired) electrons. The summed E-state index contributed by atoms with van der Waals surface area (Å²) in [4.78, 5) is 12.4. The van der Waals surface area contributed by atoms with Crippen LogP contribution in [0, 0.1) is 5.41 Å². The molecule has 0 saturated heterocycles. The van der Waals surface area contributed by atoms with Crippen molar-refractivity contribution < 1.29 is 14.3 Å². The molecule has 0 aliphatic heterocycles. The monoisotopic (exact) mass is 232 g/mol. The van der Waals surface area contributed by atoms with Gasteiger partial charge in [-0.1, -0.05) is 0 Å². The second-order valence-electron chi connectivity index (χ2n) is 4.97. The Bertz CT molecular complexity index is 486. The third-order valence-electron chi connectivity index (χ3n) is 4.06. The Balaban J connectivity index is 2.10. The van der Waals surface area contributed by atoms with E-state index < -0.39 is 0 Å². The molecular weight excluding hydrogens is 216 g/mol. The van der Waals surface area contributed by atoms with Gasteiger partial charge in [-0.2, -0.15) is 0 Å². The van der Waals surface area contributed by atoms with E-state index in [1.807, 2.05) is 12.1 Å². The lowest BCUT2D eigenvalue weighted by Gasteiger charge is -2.24. The second-order valence-corrected chi connectivity index (χ2v) is 4.97. The molecule has 3 rings (SSSR count). The summed E-state index contributed by atoms with van der Waals surface area (Å²) < 4.78 is 10.5. The Labute approximate surface area is 101 Å². The Hall–Kier alpha value is -1.51. The maximum absolute atomic E-state index is 12.4. The van der Waals surface area contributed by atoms with Crippen LogP contribution in [0.4, 0.5) is 0 Å². The minimum atomic E-state index is -0.0212. The van der Waals surface area contributed by atoms with Gasteiger partial charge in [0.15, 0.2) is 17.3 Å². The van der Waals surface area contributed by atoms with E-state index in [-0.39, 0.29) is 5.41 Å². The van der Waals surface area contributed by atoms with Gasteiger partial charge in [0.05, 0.1) is 14.2 Å². The van der Waals surface area contributed by atoms with Gasteiger partial charge in [-0.15, -0.1) is 0 Å². The third-order valence-corrected chi connectivity index (χ3v) is 4.06. The third kappa shape index (κ3) is 1.45. The Morgan fingerprint density at radius 2 is 1.71 bits per heavy atom. The lowest BCUT2D eigenvalue weighted by Crippen LogP contribution is -2.24. The van der Waals surface area contributed by atoms with Crippen molar-refractivity contribution in [1.82, 2.24) is 0 Å². The molecule has 0 heterocycles. The van der Waals surface area contributed by atoms with Crippen LogP contribution in [0.2, 0.25) is 0 Å². The molecule has 1 saturated carbocycles. The predicted molar refractivity (Wildman–Crippen MR) is 63.9 cm³/mol. The minimum Gasteiger partial charge on any atom is -0.493 e. The highest BCUT2D eigenvalue weighted by Crippen LogP contribution is 2.55. The fourth-order valence-corrected chi connectivity index (χ4v) is 2.74. The number of fused-ring (bicyclic) bond motifs is 1. The number of benzene rings is 1. The first-order chi connectivity index (χ1) is 8.20. The fourth-order valence-electron chi connectivity index (χ4n) is 2.74. The Kier molecular flexibility index (Phi) is 2.18. The molecule has 17 heavy (non-hydrogen) atoms. The van der Waals surface area contributed by atoms with Gasteiger partial charge < -0.3 is 9.47 Å². The summed E-state index contributed by atoms with van der Waals surface area (Å²) in [7, 11) is 3.22. The summed E-state index contributed by atoms with van der Waals surface area (Å²) in [6.45, 7) is 0. The number of ether oxygens (including phenoxy) is 2. The van der Waals surface area contributed by atoms with E-state index in [9.17, 15) is 4.79 Å². The number of carbonyl (C=O) groups is 1. The van der Waals surface area contributed by atoms with E-state index in [0.29, 0.717) is 17.3 Å². The zero-order valence-electron chi connectivity index (χ0n) is 10.2. The van der Waals surface area contributed by atoms with E-state index >= 15 is 0 Å². The van der Waals surface area contributed by atoms with Gasteiger partial charge in [0.1, 0.15) is 0 Å². The normalized spacial score (nSPS) is 20.0. The van der Waals surface area contributed by atoms with Crippen molar-refractivity contribution in [2.24, 2.45) is 5.41 Å². The molecule has 1 spiro atoms. The van der Waals surface area contributed by atoms with Gasteiger partial charge in [-0.25, -0.2) is 0 Å². The van der Waals surface area contributed by atoms with Gasteiger partial charge in [-0.3, -0.25) is 4.79 Å². The van der Waals surface area contributed by atoms with Crippen LogP contribution >= 0.6 is 0 Å². The average molecular weight is 232 g/mol. The van der Waals surface area contributed by atoms with E-state index in [4.69, 9.17) is 9.47 Å². The van der Waals surface area contributed by atoms with Crippen LogP contribution in [0.5, 0.6) is 11.5 Å². The van der Waals surface area contributed by atoms with Crippen LogP contribution in [0.3, 0.4) is 0 Å². The van der Waals surface area contributed by atoms with Gasteiger partial charge in [0.25, 0.3) is 0 Å². The average Bonchev–Trinajstić information content (AvgIpc) is 3.14. The molecule has 1 fully saturated rings. The molecule has 0 N–H and O–H groups in total. The lowest BCUT2D eigenvalue weighted by atomic mass is 9.80. The van der Waals surface area contributed by atoms with Crippen molar-refractivity contribution in [3.63, 3.8) is 0 Å². The maximum Gasteiger partial charge on any atom is 0.169 e. The van der Waals surface area contributed by atoms with Crippen molar-refractivity contribution in [2.45, 2.75) is 25.7 Å². The van der Waals surface area contributed by atoms with Crippen LogP contribution in [0.25, 0.3) is 0 Å². The molecule has 90 valence electrons. The van der Waals surface area contributed by atoms with Crippen molar-refractivity contribution in [1.29, 1.82) is 0 Å². The van der Waals surface area contributed by atoms with E-state index in [2.05, 4.69) is 0 Å². The van der Waals surface area contributed by atoms with Gasteiger partial charge in [0.2, 0.25) is 0 Å². The summed E-state index contributed by atoms with van der Waals surface area (Å²) >= 11 is 0. The van der Waals surface area contributed by atoms with Gasteiger partial charge in [0, 0.05) is 11.0 Å². The molecule has 3 nitrogen and oxygen atoms in total. The molecule has 3 heteroatoms. The highest BCUT2D eigenvalue weighted by molar-refractivity contribution is 6.05. The standard InChI is InChI=1S/C14H16O3/c1-16-11-7-9-3-4-14(5-6-14)13(15)10(9)8-12(11)17-2/h7-8H,3-6H2,1-2H3. The number of aryl methyl sites for hydroxylation is 1. The highest BCUT2D eigenvalue weighted by atomic mass is 16.5. The number of ketones is 1. The molecule has 2 aliphatic rings. The first-order valence-corrected chi connectivity index (χ1v) is 6.00.